The highest BCUT2D eigenvalue weighted by molar-refractivity contribution is 9.08. The second kappa shape index (κ2) is 3.67. The van der Waals surface area contributed by atoms with Crippen LogP contribution in [0.5, 0.6) is 17.2 Å². The van der Waals surface area contributed by atoms with Gasteiger partial charge in [-0.2, -0.15) is 0 Å². The number of phenolic OH excluding ortho intramolecular Hbond substituents is 2. The Hall–Kier alpha value is -0.900. The van der Waals surface area contributed by atoms with Crippen molar-refractivity contribution in [3.63, 3.8) is 0 Å². The Kier molecular flexibility index (Phi) is 2.81. The molecule has 0 aliphatic heterocycles. The third-order valence-corrected chi connectivity index (χ3v) is 2.17. The first kappa shape index (κ1) is 9.19. The number of hydrogen-bond donors (Lipinski definition) is 2. The molecule has 0 bridgehead atoms. The minimum absolute atomic E-state index is 0.133. The van der Waals surface area contributed by atoms with E-state index in [-0.39, 0.29) is 17.2 Å². The molecule has 66 valence electrons. The molecule has 0 aromatic heterocycles. The zero-order valence-corrected chi connectivity index (χ0v) is 8.13. The average Bonchev–Trinajstić information content (AvgIpc) is 2.10. The molecule has 4 heteroatoms. The predicted molar refractivity (Wildman–Crippen MR) is 49.0 cm³/mol. The standard InChI is InChI=1S/C8H9BrO3/c1-12-6-3-2-5(4-9)7(10)8(6)11/h2-3,10-11H,4H2,1H3. The van der Waals surface area contributed by atoms with Crippen LogP contribution in [0.15, 0.2) is 12.1 Å². The van der Waals surface area contributed by atoms with Crippen LogP contribution in [0.2, 0.25) is 0 Å². The van der Waals surface area contributed by atoms with Crippen molar-refractivity contribution < 1.29 is 14.9 Å². The van der Waals surface area contributed by atoms with Crippen LogP contribution in [0.25, 0.3) is 0 Å². The molecule has 2 N–H and O–H groups in total. The predicted octanol–water partition coefficient (Wildman–Crippen LogP) is 2.00. The van der Waals surface area contributed by atoms with E-state index in [1.165, 1.54) is 7.11 Å². The summed E-state index contributed by atoms with van der Waals surface area (Å²) in [5, 5.41) is 19.2. The Bertz CT molecular complexity index is 257. The first-order valence-corrected chi connectivity index (χ1v) is 4.46. The van der Waals surface area contributed by atoms with Gasteiger partial charge in [0.2, 0.25) is 5.75 Å². The Morgan fingerprint density at radius 1 is 1.33 bits per heavy atom. The van der Waals surface area contributed by atoms with E-state index in [0.717, 1.165) is 0 Å². The number of halogens is 1. The number of benzene rings is 1. The summed E-state index contributed by atoms with van der Waals surface area (Å²) in [4.78, 5) is 0. The van der Waals surface area contributed by atoms with Crippen LogP contribution in [0.1, 0.15) is 5.56 Å². The summed E-state index contributed by atoms with van der Waals surface area (Å²) in [5.74, 6) is -0.0714. The van der Waals surface area contributed by atoms with Gasteiger partial charge in [-0.05, 0) is 6.07 Å². The van der Waals surface area contributed by atoms with E-state index in [2.05, 4.69) is 15.9 Å². The van der Waals surface area contributed by atoms with Crippen molar-refractivity contribution in [3.8, 4) is 17.2 Å². The van der Waals surface area contributed by atoms with Gasteiger partial charge in [0, 0.05) is 10.9 Å². The molecule has 0 radical (unpaired) electrons. The Balaban J connectivity index is 3.20. The van der Waals surface area contributed by atoms with Crippen molar-refractivity contribution in [1.82, 2.24) is 0 Å². The van der Waals surface area contributed by atoms with Crippen molar-refractivity contribution in [2.75, 3.05) is 7.11 Å². The number of phenols is 2. The van der Waals surface area contributed by atoms with Crippen molar-refractivity contribution in [3.05, 3.63) is 17.7 Å². The van der Waals surface area contributed by atoms with E-state index in [4.69, 9.17) is 4.74 Å². The van der Waals surface area contributed by atoms with Crippen molar-refractivity contribution in [2.24, 2.45) is 0 Å². The SMILES string of the molecule is COc1ccc(CBr)c(O)c1O. The fraction of sp³-hybridized carbons (Fsp3) is 0.250. The van der Waals surface area contributed by atoms with Crippen molar-refractivity contribution >= 4 is 15.9 Å². The molecule has 0 spiro atoms. The molecule has 1 rings (SSSR count). The summed E-state index contributed by atoms with van der Waals surface area (Å²) in [6, 6.07) is 3.29. The molecule has 3 nitrogen and oxygen atoms in total. The van der Waals surface area contributed by atoms with E-state index in [1.807, 2.05) is 0 Å². The first-order chi connectivity index (χ1) is 5.70. The summed E-state index contributed by atoms with van der Waals surface area (Å²) < 4.78 is 4.80. The summed E-state index contributed by atoms with van der Waals surface area (Å²) in [6.45, 7) is 0. The van der Waals surface area contributed by atoms with E-state index < -0.39 is 0 Å². The quantitative estimate of drug-likeness (QED) is 0.606. The Labute approximate surface area is 78.7 Å². The maximum absolute atomic E-state index is 9.35. The normalized spacial score (nSPS) is 9.83. The van der Waals surface area contributed by atoms with Crippen LogP contribution >= 0.6 is 15.9 Å². The number of alkyl halides is 1. The molecule has 0 atom stereocenters. The van der Waals surface area contributed by atoms with Gasteiger partial charge in [-0.3, -0.25) is 0 Å². The third kappa shape index (κ3) is 1.48. The minimum atomic E-state index is -0.213. The molecule has 0 aliphatic rings. The molecule has 0 saturated heterocycles. The van der Waals surface area contributed by atoms with Crippen LogP contribution in [-0.4, -0.2) is 17.3 Å². The molecule has 0 amide bonds. The van der Waals surface area contributed by atoms with Gasteiger partial charge in [0.25, 0.3) is 0 Å². The van der Waals surface area contributed by atoms with E-state index in [1.54, 1.807) is 12.1 Å². The molecule has 0 fully saturated rings. The van der Waals surface area contributed by atoms with Crippen LogP contribution < -0.4 is 4.74 Å². The van der Waals surface area contributed by atoms with E-state index in [0.29, 0.717) is 10.9 Å². The zero-order valence-electron chi connectivity index (χ0n) is 6.54. The highest BCUT2D eigenvalue weighted by atomic mass is 79.9. The smallest absolute Gasteiger partial charge is 0.200 e. The number of methoxy groups -OCH3 is 1. The highest BCUT2D eigenvalue weighted by Crippen LogP contribution is 2.38. The summed E-state index contributed by atoms with van der Waals surface area (Å²) in [6.07, 6.45) is 0. The maximum atomic E-state index is 9.35. The monoisotopic (exact) mass is 232 g/mol. The van der Waals surface area contributed by atoms with Gasteiger partial charge in [-0.25, -0.2) is 0 Å². The van der Waals surface area contributed by atoms with Gasteiger partial charge >= 0.3 is 0 Å². The number of hydrogen-bond acceptors (Lipinski definition) is 3. The van der Waals surface area contributed by atoms with Gasteiger partial charge in [0.15, 0.2) is 11.5 Å². The van der Waals surface area contributed by atoms with Gasteiger partial charge < -0.3 is 14.9 Å². The largest absolute Gasteiger partial charge is 0.504 e. The summed E-state index contributed by atoms with van der Waals surface area (Å²) >= 11 is 3.18. The molecule has 1 aromatic carbocycles. The fourth-order valence-corrected chi connectivity index (χ4v) is 1.33. The van der Waals surface area contributed by atoms with Gasteiger partial charge in [-0.1, -0.05) is 22.0 Å². The molecule has 12 heavy (non-hydrogen) atoms. The molecule has 0 unspecified atom stereocenters. The van der Waals surface area contributed by atoms with Crippen LogP contribution in [-0.2, 0) is 5.33 Å². The molecule has 0 aliphatic carbocycles. The topological polar surface area (TPSA) is 49.7 Å². The van der Waals surface area contributed by atoms with Crippen LogP contribution in [0.4, 0.5) is 0 Å². The van der Waals surface area contributed by atoms with Crippen molar-refractivity contribution in [1.29, 1.82) is 0 Å². The highest BCUT2D eigenvalue weighted by Gasteiger charge is 2.10. The summed E-state index contributed by atoms with van der Waals surface area (Å²) in [7, 11) is 1.43. The fourth-order valence-electron chi connectivity index (χ4n) is 0.875. The second-order valence-electron chi connectivity index (χ2n) is 2.26. The molecular weight excluding hydrogens is 224 g/mol. The lowest BCUT2D eigenvalue weighted by Crippen LogP contribution is -1.86. The zero-order chi connectivity index (χ0) is 9.14. The maximum Gasteiger partial charge on any atom is 0.200 e. The number of aromatic hydroxyl groups is 2. The van der Waals surface area contributed by atoms with Gasteiger partial charge in [0.1, 0.15) is 0 Å². The van der Waals surface area contributed by atoms with Gasteiger partial charge in [0.05, 0.1) is 7.11 Å². The lowest BCUT2D eigenvalue weighted by molar-refractivity contribution is 0.349. The van der Waals surface area contributed by atoms with Gasteiger partial charge in [-0.15, -0.1) is 0 Å². The summed E-state index contributed by atoms with van der Waals surface area (Å²) in [5.41, 5.74) is 0.633. The average molecular weight is 233 g/mol. The van der Waals surface area contributed by atoms with Crippen LogP contribution in [0.3, 0.4) is 0 Å². The molecule has 1 aromatic rings. The minimum Gasteiger partial charge on any atom is -0.504 e. The molecular formula is C8H9BrO3. The number of rotatable bonds is 2. The molecule has 0 saturated carbocycles. The van der Waals surface area contributed by atoms with Crippen LogP contribution in [0, 0.1) is 0 Å². The van der Waals surface area contributed by atoms with E-state index in [9.17, 15) is 10.2 Å². The second-order valence-corrected chi connectivity index (χ2v) is 2.82. The third-order valence-electron chi connectivity index (χ3n) is 1.56. The first-order valence-electron chi connectivity index (χ1n) is 3.34. The lowest BCUT2D eigenvalue weighted by Gasteiger charge is -2.07. The number of ether oxygens (including phenoxy) is 1. The lowest BCUT2D eigenvalue weighted by atomic mass is 10.2. The Morgan fingerprint density at radius 3 is 2.50 bits per heavy atom. The Morgan fingerprint density at radius 2 is 2.00 bits per heavy atom. The van der Waals surface area contributed by atoms with E-state index >= 15 is 0 Å². The molecule has 0 heterocycles. The van der Waals surface area contributed by atoms with Crippen molar-refractivity contribution in [2.45, 2.75) is 5.33 Å².